The van der Waals surface area contributed by atoms with Crippen molar-refractivity contribution in [1.82, 2.24) is 9.88 Å². The Morgan fingerprint density at radius 3 is 2.29 bits per heavy atom. The lowest BCUT2D eigenvalue weighted by molar-refractivity contribution is -0.141. The number of oxazole rings is 1. The fourth-order valence-electron chi connectivity index (χ4n) is 2.46. The number of halogens is 3. The van der Waals surface area contributed by atoms with Crippen LogP contribution in [-0.2, 0) is 22.6 Å². The van der Waals surface area contributed by atoms with Crippen LogP contribution in [0.1, 0.15) is 11.3 Å². The van der Waals surface area contributed by atoms with E-state index < -0.39 is 21.7 Å². The van der Waals surface area contributed by atoms with E-state index in [-0.39, 0.29) is 17.4 Å². The minimum Gasteiger partial charge on any atom is -0.444 e. The second kappa shape index (κ2) is 6.21. The third-order valence-corrected chi connectivity index (χ3v) is 5.45. The average Bonchev–Trinajstić information content (AvgIpc) is 3.00. The van der Waals surface area contributed by atoms with Gasteiger partial charge in [0.2, 0.25) is 5.89 Å². The van der Waals surface area contributed by atoms with Gasteiger partial charge in [-0.2, -0.15) is 13.2 Å². The van der Waals surface area contributed by atoms with Crippen LogP contribution in [0.3, 0.4) is 0 Å². The highest BCUT2D eigenvalue weighted by atomic mass is 32.2. The molecule has 1 aliphatic rings. The minimum atomic E-state index is -4.53. The predicted molar refractivity (Wildman–Crippen MR) is 80.9 cm³/mol. The van der Waals surface area contributed by atoms with E-state index in [1.54, 1.807) is 24.3 Å². The molecule has 2 aromatic rings. The van der Waals surface area contributed by atoms with Crippen LogP contribution >= 0.6 is 0 Å². The van der Waals surface area contributed by atoms with E-state index in [0.29, 0.717) is 31.5 Å². The van der Waals surface area contributed by atoms with Crippen LogP contribution in [0.5, 0.6) is 0 Å². The van der Waals surface area contributed by atoms with Crippen molar-refractivity contribution in [3.05, 3.63) is 41.8 Å². The third-order valence-electron chi connectivity index (χ3n) is 3.84. The number of hydrogen-bond acceptors (Lipinski definition) is 5. The van der Waals surface area contributed by atoms with Gasteiger partial charge in [-0.1, -0.05) is 12.1 Å². The Morgan fingerprint density at radius 1 is 1.12 bits per heavy atom. The summed E-state index contributed by atoms with van der Waals surface area (Å²) in [6, 6.07) is 6.83. The lowest BCUT2D eigenvalue weighted by atomic mass is 10.1. The largest absolute Gasteiger partial charge is 0.444 e. The van der Waals surface area contributed by atoms with Crippen LogP contribution in [0.15, 0.2) is 34.9 Å². The summed E-state index contributed by atoms with van der Waals surface area (Å²) in [6.07, 6.45) is -3.94. The summed E-state index contributed by atoms with van der Waals surface area (Å²) < 4.78 is 65.3. The predicted octanol–water partition coefficient (Wildman–Crippen LogP) is 2.59. The maximum absolute atomic E-state index is 12.5. The fourth-order valence-corrected chi connectivity index (χ4v) is 3.73. The van der Waals surface area contributed by atoms with Crippen molar-refractivity contribution in [2.45, 2.75) is 12.7 Å². The van der Waals surface area contributed by atoms with Crippen LogP contribution in [-0.4, -0.2) is 42.9 Å². The second-order valence-electron chi connectivity index (χ2n) is 5.66. The third kappa shape index (κ3) is 3.96. The van der Waals surface area contributed by atoms with Crippen molar-refractivity contribution in [1.29, 1.82) is 0 Å². The molecule has 0 aliphatic carbocycles. The molecule has 0 amide bonds. The molecular weight excluding hydrogens is 345 g/mol. The van der Waals surface area contributed by atoms with Gasteiger partial charge >= 0.3 is 6.18 Å². The highest BCUT2D eigenvalue weighted by Gasteiger charge is 2.34. The number of benzene rings is 1. The Hall–Kier alpha value is -1.87. The normalized spacial score (nSPS) is 18.6. The molecule has 0 radical (unpaired) electrons. The van der Waals surface area contributed by atoms with Crippen molar-refractivity contribution in [2.75, 3.05) is 24.6 Å². The first-order valence-electron chi connectivity index (χ1n) is 7.28. The van der Waals surface area contributed by atoms with Gasteiger partial charge < -0.3 is 4.42 Å². The SMILES string of the molecule is O=S1(=O)CCN(Cc2ccc(-c3nc(C(F)(F)F)co3)cc2)CC1. The van der Waals surface area contributed by atoms with Gasteiger partial charge in [0.25, 0.3) is 0 Å². The number of hydrogen-bond donors (Lipinski definition) is 0. The van der Waals surface area contributed by atoms with Crippen LogP contribution in [0, 0.1) is 0 Å². The van der Waals surface area contributed by atoms with Gasteiger partial charge in [0.05, 0.1) is 11.5 Å². The molecular formula is C15H15F3N2O3S. The van der Waals surface area contributed by atoms with E-state index in [0.717, 1.165) is 5.56 Å². The Balaban J connectivity index is 1.66. The lowest BCUT2D eigenvalue weighted by Gasteiger charge is -2.26. The summed E-state index contributed by atoms with van der Waals surface area (Å²) in [5.41, 5.74) is 0.340. The lowest BCUT2D eigenvalue weighted by Crippen LogP contribution is -2.39. The van der Waals surface area contributed by atoms with Crippen LogP contribution in [0.25, 0.3) is 11.5 Å². The molecule has 9 heteroatoms. The number of sulfone groups is 1. The number of rotatable bonds is 3. The first-order valence-corrected chi connectivity index (χ1v) is 9.10. The maximum Gasteiger partial charge on any atom is 0.436 e. The fraction of sp³-hybridized carbons (Fsp3) is 0.400. The first kappa shape index (κ1) is 17.0. The molecule has 0 bridgehead atoms. The topological polar surface area (TPSA) is 63.4 Å². The Bertz CT molecular complexity index is 799. The van der Waals surface area contributed by atoms with E-state index >= 15 is 0 Å². The molecule has 1 aromatic carbocycles. The maximum atomic E-state index is 12.5. The van der Waals surface area contributed by atoms with Crippen molar-refractivity contribution < 1.29 is 26.0 Å². The molecule has 0 saturated carbocycles. The van der Waals surface area contributed by atoms with E-state index in [1.165, 1.54) is 0 Å². The Kier molecular flexibility index (Phi) is 4.39. The van der Waals surface area contributed by atoms with Gasteiger partial charge in [-0.3, -0.25) is 4.90 Å². The standard InChI is InChI=1S/C15H15F3N2O3S/c16-15(17,18)13-10-23-14(19-13)12-3-1-11(2-4-12)9-20-5-7-24(21,22)8-6-20/h1-4,10H,5-9H2. The van der Waals surface area contributed by atoms with Crippen molar-refractivity contribution >= 4 is 9.84 Å². The quantitative estimate of drug-likeness (QED) is 0.842. The zero-order valence-electron chi connectivity index (χ0n) is 12.6. The molecule has 0 N–H and O–H groups in total. The summed E-state index contributed by atoms with van der Waals surface area (Å²) in [6.45, 7) is 1.56. The molecule has 0 spiro atoms. The summed E-state index contributed by atoms with van der Waals surface area (Å²) in [7, 11) is -2.91. The smallest absolute Gasteiger partial charge is 0.436 e. The first-order chi connectivity index (χ1) is 11.2. The van der Waals surface area contributed by atoms with Crippen molar-refractivity contribution in [3.63, 3.8) is 0 Å². The molecule has 1 saturated heterocycles. The Labute approximate surface area is 137 Å². The molecule has 1 aliphatic heterocycles. The molecule has 130 valence electrons. The summed E-state index contributed by atoms with van der Waals surface area (Å²) in [5.74, 6) is 0.224. The van der Waals surface area contributed by atoms with Gasteiger partial charge in [-0.05, 0) is 17.7 Å². The van der Waals surface area contributed by atoms with Crippen molar-refractivity contribution in [3.8, 4) is 11.5 Å². The molecule has 0 atom stereocenters. The van der Waals surface area contributed by atoms with Crippen LogP contribution in [0.4, 0.5) is 13.2 Å². The summed E-state index contributed by atoms with van der Waals surface area (Å²) in [4.78, 5) is 5.47. The molecule has 0 unspecified atom stereocenters. The van der Waals surface area contributed by atoms with E-state index in [4.69, 9.17) is 4.42 Å². The highest BCUT2D eigenvalue weighted by Crippen LogP contribution is 2.30. The second-order valence-corrected chi connectivity index (χ2v) is 7.96. The van der Waals surface area contributed by atoms with E-state index in [9.17, 15) is 21.6 Å². The van der Waals surface area contributed by atoms with E-state index in [1.807, 2.05) is 4.90 Å². The summed E-state index contributed by atoms with van der Waals surface area (Å²) in [5, 5.41) is 0. The van der Waals surface area contributed by atoms with Gasteiger partial charge in [0.1, 0.15) is 6.26 Å². The van der Waals surface area contributed by atoms with Gasteiger partial charge in [0, 0.05) is 25.2 Å². The number of nitrogens with zero attached hydrogens (tertiary/aromatic N) is 2. The number of aromatic nitrogens is 1. The van der Waals surface area contributed by atoms with Gasteiger partial charge in [-0.25, -0.2) is 13.4 Å². The average molecular weight is 360 g/mol. The molecule has 24 heavy (non-hydrogen) atoms. The van der Waals surface area contributed by atoms with Crippen LogP contribution < -0.4 is 0 Å². The summed E-state index contributed by atoms with van der Waals surface area (Å²) >= 11 is 0. The number of alkyl halides is 3. The zero-order chi connectivity index (χ0) is 17.4. The molecule has 1 fully saturated rings. The zero-order valence-corrected chi connectivity index (χ0v) is 13.4. The van der Waals surface area contributed by atoms with E-state index in [2.05, 4.69) is 4.98 Å². The van der Waals surface area contributed by atoms with Crippen molar-refractivity contribution in [2.24, 2.45) is 0 Å². The monoisotopic (exact) mass is 360 g/mol. The molecule has 2 heterocycles. The molecule has 3 rings (SSSR count). The molecule has 1 aromatic heterocycles. The minimum absolute atomic E-state index is 0.0852. The van der Waals surface area contributed by atoms with Gasteiger partial charge in [0.15, 0.2) is 15.5 Å². The molecule has 5 nitrogen and oxygen atoms in total. The van der Waals surface area contributed by atoms with Crippen LogP contribution in [0.2, 0.25) is 0 Å². The van der Waals surface area contributed by atoms with Gasteiger partial charge in [-0.15, -0.1) is 0 Å². The highest BCUT2D eigenvalue weighted by molar-refractivity contribution is 7.91. The Morgan fingerprint density at radius 2 is 1.75 bits per heavy atom.